The zero-order chi connectivity index (χ0) is 19.1. The predicted molar refractivity (Wildman–Crippen MR) is 104 cm³/mol. The third kappa shape index (κ3) is 4.98. The minimum Gasteiger partial charge on any atom is -0.366 e. The first-order chi connectivity index (χ1) is 13.1. The van der Waals surface area contributed by atoms with Gasteiger partial charge in [0, 0.05) is 18.0 Å². The van der Waals surface area contributed by atoms with Crippen molar-refractivity contribution in [1.82, 2.24) is 15.3 Å². The molecule has 4 N–H and O–H groups in total. The summed E-state index contributed by atoms with van der Waals surface area (Å²) in [5.74, 6) is 0.105. The Bertz CT molecular complexity index is 897. The number of hydrogen-bond donors (Lipinski definition) is 3. The number of fused-ring (bicyclic) bond motifs is 1. The molecule has 1 saturated heterocycles. The molecule has 6 nitrogen and oxygen atoms in total. The van der Waals surface area contributed by atoms with E-state index in [1.807, 2.05) is 6.07 Å². The van der Waals surface area contributed by atoms with Gasteiger partial charge in [0.1, 0.15) is 18.0 Å². The molecule has 1 aliphatic rings. The largest absolute Gasteiger partial charge is 0.366 e. The Hall–Kier alpha value is -3.06. The van der Waals surface area contributed by atoms with E-state index in [1.54, 1.807) is 30.3 Å². The minimum atomic E-state index is -0.473. The molecule has 7 heteroatoms. The van der Waals surface area contributed by atoms with Crippen LogP contribution in [0.25, 0.3) is 10.9 Å². The van der Waals surface area contributed by atoms with E-state index in [2.05, 4.69) is 20.6 Å². The summed E-state index contributed by atoms with van der Waals surface area (Å²) < 4.78 is 11.9. The number of anilines is 1. The van der Waals surface area contributed by atoms with Crippen LogP contribution in [0.2, 0.25) is 0 Å². The van der Waals surface area contributed by atoms with Crippen molar-refractivity contribution in [2.24, 2.45) is 5.73 Å². The van der Waals surface area contributed by atoms with Crippen molar-refractivity contribution in [3.8, 4) is 0 Å². The summed E-state index contributed by atoms with van der Waals surface area (Å²) in [5, 5.41) is 7.61. The number of primary amides is 1. The molecule has 1 unspecified atom stereocenters. The smallest absolute Gasteiger partial charge is 0.250 e. The van der Waals surface area contributed by atoms with Crippen molar-refractivity contribution in [3.05, 3.63) is 66.2 Å². The Morgan fingerprint density at radius 2 is 1.96 bits per heavy atom. The van der Waals surface area contributed by atoms with Crippen molar-refractivity contribution in [3.63, 3.8) is 0 Å². The monoisotopic (exact) mass is 367 g/mol. The molecule has 0 bridgehead atoms. The van der Waals surface area contributed by atoms with Crippen LogP contribution in [0.4, 0.5) is 10.2 Å². The average molecular weight is 367 g/mol. The third-order valence-electron chi connectivity index (χ3n) is 4.30. The van der Waals surface area contributed by atoms with Gasteiger partial charge in [-0.25, -0.2) is 14.4 Å². The zero-order valence-electron chi connectivity index (χ0n) is 14.9. The van der Waals surface area contributed by atoms with Crippen molar-refractivity contribution in [2.45, 2.75) is 18.9 Å². The minimum absolute atomic E-state index is 0.178. The van der Waals surface area contributed by atoms with Crippen molar-refractivity contribution >= 4 is 22.6 Å². The molecule has 1 atom stereocenters. The summed E-state index contributed by atoms with van der Waals surface area (Å²) >= 11 is 0. The van der Waals surface area contributed by atoms with Gasteiger partial charge in [-0.3, -0.25) is 4.79 Å². The number of para-hydroxylation sites is 1. The molecule has 0 saturated carbocycles. The van der Waals surface area contributed by atoms with Gasteiger partial charge in [0.15, 0.2) is 0 Å². The summed E-state index contributed by atoms with van der Waals surface area (Å²) in [5.41, 5.74) is 6.41. The highest BCUT2D eigenvalue weighted by molar-refractivity contribution is 6.06. The summed E-state index contributed by atoms with van der Waals surface area (Å²) in [6, 6.07) is 13.7. The van der Waals surface area contributed by atoms with E-state index in [0.717, 1.165) is 37.1 Å². The van der Waals surface area contributed by atoms with Gasteiger partial charge in [-0.2, -0.15) is 0 Å². The van der Waals surface area contributed by atoms with Crippen molar-refractivity contribution < 1.29 is 9.18 Å². The predicted octanol–water partition coefficient (Wildman–Crippen LogP) is 2.72. The number of piperidine rings is 1. The third-order valence-corrected chi connectivity index (χ3v) is 4.30. The maximum atomic E-state index is 11.9. The zero-order valence-corrected chi connectivity index (χ0v) is 14.9. The number of rotatable bonds is 3. The normalized spacial score (nSPS) is 16.3. The standard InChI is InChI=1S/C14H17N5O.C6H5F/c15-13(20)10-4-1-5-11-12(10)17-8-18-14(11)19-9-3-2-6-16-7-9;7-6-4-2-1-3-5-6/h1,4-5,8-9,16H,2-3,6-7H2,(H2,15,20)(H,17,18,19);1-5H. The Morgan fingerprint density at radius 3 is 2.59 bits per heavy atom. The van der Waals surface area contributed by atoms with Crippen LogP contribution in [0.1, 0.15) is 23.2 Å². The number of carbonyl (C=O) groups is 1. The molecule has 2 aromatic carbocycles. The Labute approximate surface area is 157 Å². The van der Waals surface area contributed by atoms with E-state index in [9.17, 15) is 9.18 Å². The molecule has 140 valence electrons. The quantitative estimate of drug-likeness (QED) is 0.662. The first-order valence-corrected chi connectivity index (χ1v) is 8.86. The molecule has 1 fully saturated rings. The van der Waals surface area contributed by atoms with E-state index in [0.29, 0.717) is 17.1 Å². The van der Waals surface area contributed by atoms with Crippen LogP contribution in [-0.4, -0.2) is 35.0 Å². The molecule has 1 aromatic heterocycles. The number of halogens is 1. The van der Waals surface area contributed by atoms with Gasteiger partial charge in [0.25, 0.3) is 5.91 Å². The summed E-state index contributed by atoms with van der Waals surface area (Å²) in [7, 11) is 0. The fraction of sp³-hybridized carbons (Fsp3) is 0.250. The number of benzene rings is 2. The van der Waals surface area contributed by atoms with Gasteiger partial charge in [-0.15, -0.1) is 0 Å². The van der Waals surface area contributed by atoms with Crippen LogP contribution < -0.4 is 16.4 Å². The number of aromatic nitrogens is 2. The van der Waals surface area contributed by atoms with Crippen LogP contribution in [0.15, 0.2) is 54.9 Å². The second-order valence-electron chi connectivity index (χ2n) is 6.27. The van der Waals surface area contributed by atoms with Crippen LogP contribution in [0.3, 0.4) is 0 Å². The number of nitrogens with zero attached hydrogens (tertiary/aromatic N) is 2. The van der Waals surface area contributed by atoms with Gasteiger partial charge in [0.2, 0.25) is 0 Å². The van der Waals surface area contributed by atoms with Crippen LogP contribution in [0.5, 0.6) is 0 Å². The topological polar surface area (TPSA) is 92.9 Å². The second kappa shape index (κ2) is 9.05. The summed E-state index contributed by atoms with van der Waals surface area (Å²) in [6.07, 6.45) is 3.72. The maximum absolute atomic E-state index is 11.9. The first-order valence-electron chi connectivity index (χ1n) is 8.86. The highest BCUT2D eigenvalue weighted by Crippen LogP contribution is 2.23. The fourth-order valence-corrected chi connectivity index (χ4v) is 2.98. The molecule has 0 radical (unpaired) electrons. The number of nitrogens with two attached hydrogens (primary N) is 1. The van der Waals surface area contributed by atoms with E-state index in [-0.39, 0.29) is 5.82 Å². The number of hydrogen-bond acceptors (Lipinski definition) is 5. The average Bonchev–Trinajstić information content (AvgIpc) is 2.70. The molecule has 1 aliphatic heterocycles. The van der Waals surface area contributed by atoms with Crippen molar-refractivity contribution in [2.75, 3.05) is 18.4 Å². The molecule has 0 aliphatic carbocycles. The lowest BCUT2D eigenvalue weighted by atomic mass is 10.1. The van der Waals surface area contributed by atoms with Gasteiger partial charge in [0.05, 0.1) is 11.1 Å². The summed E-state index contributed by atoms with van der Waals surface area (Å²) in [6.45, 7) is 1.98. The van der Waals surface area contributed by atoms with E-state index in [1.165, 1.54) is 18.5 Å². The Balaban J connectivity index is 0.000000253. The molecule has 1 amide bonds. The number of amides is 1. The molecule has 0 spiro atoms. The second-order valence-corrected chi connectivity index (χ2v) is 6.27. The highest BCUT2D eigenvalue weighted by atomic mass is 19.1. The first kappa shape index (κ1) is 18.7. The number of carbonyl (C=O) groups excluding carboxylic acids is 1. The molecular weight excluding hydrogens is 345 g/mol. The van der Waals surface area contributed by atoms with Crippen LogP contribution >= 0.6 is 0 Å². The molecule has 27 heavy (non-hydrogen) atoms. The van der Waals surface area contributed by atoms with Gasteiger partial charge >= 0.3 is 0 Å². The maximum Gasteiger partial charge on any atom is 0.250 e. The van der Waals surface area contributed by atoms with E-state index in [4.69, 9.17) is 5.73 Å². The van der Waals surface area contributed by atoms with Crippen LogP contribution in [-0.2, 0) is 0 Å². The van der Waals surface area contributed by atoms with E-state index < -0.39 is 5.91 Å². The molecular formula is C20H22FN5O. The Kier molecular flexibility index (Phi) is 6.27. The van der Waals surface area contributed by atoms with Gasteiger partial charge < -0.3 is 16.4 Å². The Morgan fingerprint density at radius 1 is 1.15 bits per heavy atom. The van der Waals surface area contributed by atoms with Crippen molar-refractivity contribution in [1.29, 1.82) is 0 Å². The summed E-state index contributed by atoms with van der Waals surface area (Å²) in [4.78, 5) is 19.9. The lowest BCUT2D eigenvalue weighted by molar-refractivity contribution is 0.100. The van der Waals surface area contributed by atoms with E-state index >= 15 is 0 Å². The van der Waals surface area contributed by atoms with Crippen LogP contribution in [0, 0.1) is 5.82 Å². The lowest BCUT2D eigenvalue weighted by Gasteiger charge is -2.24. The molecule has 3 aromatic rings. The highest BCUT2D eigenvalue weighted by Gasteiger charge is 2.16. The lowest BCUT2D eigenvalue weighted by Crippen LogP contribution is -2.38. The molecule has 4 rings (SSSR count). The fourth-order valence-electron chi connectivity index (χ4n) is 2.98. The number of nitrogens with one attached hydrogen (secondary N) is 2. The van der Waals surface area contributed by atoms with Gasteiger partial charge in [-0.05, 0) is 43.7 Å². The van der Waals surface area contributed by atoms with Gasteiger partial charge in [-0.1, -0.05) is 24.3 Å². The molecule has 2 heterocycles. The SMILES string of the molecule is Fc1ccccc1.NC(=O)c1cccc2c(NC3CCCNC3)ncnc12.